The van der Waals surface area contributed by atoms with Crippen LogP contribution in [0.5, 0.6) is 0 Å². The number of benzene rings is 1. The van der Waals surface area contributed by atoms with Crippen molar-refractivity contribution < 1.29 is 5.11 Å². The van der Waals surface area contributed by atoms with Crippen LogP contribution >= 0.6 is 0 Å². The third kappa shape index (κ3) is 2.96. The molecule has 4 heteroatoms. The molecule has 0 radical (unpaired) electrons. The van der Waals surface area contributed by atoms with E-state index in [1.54, 1.807) is 13.1 Å². The van der Waals surface area contributed by atoms with Crippen molar-refractivity contribution in [1.29, 1.82) is 0 Å². The van der Waals surface area contributed by atoms with Crippen LogP contribution in [0, 0.1) is 0 Å². The molecule has 0 heterocycles. The Morgan fingerprint density at radius 3 is 3.00 bits per heavy atom. The number of fused-ring (bicyclic) bond motifs is 1. The zero-order valence-corrected chi connectivity index (χ0v) is 11.3. The number of aliphatic hydroxyl groups is 1. The van der Waals surface area contributed by atoms with Crippen LogP contribution in [0.25, 0.3) is 0 Å². The SMILES string of the molecule is C=CCNC(=NC)NCC1(O)CCc2ccccc21. The van der Waals surface area contributed by atoms with Crippen LogP contribution in [-0.2, 0) is 12.0 Å². The maximum atomic E-state index is 10.7. The van der Waals surface area contributed by atoms with E-state index in [4.69, 9.17) is 0 Å². The molecule has 0 amide bonds. The van der Waals surface area contributed by atoms with Gasteiger partial charge >= 0.3 is 0 Å². The molecule has 1 aliphatic carbocycles. The normalized spacial score (nSPS) is 21.9. The Bertz CT molecular complexity index is 484. The molecule has 0 saturated heterocycles. The van der Waals surface area contributed by atoms with Gasteiger partial charge in [-0.1, -0.05) is 30.3 Å². The largest absolute Gasteiger partial charge is 0.383 e. The highest BCUT2D eigenvalue weighted by molar-refractivity contribution is 5.79. The number of guanidine groups is 1. The Labute approximate surface area is 114 Å². The van der Waals surface area contributed by atoms with Crippen LogP contribution < -0.4 is 10.6 Å². The first-order valence-corrected chi connectivity index (χ1v) is 6.56. The van der Waals surface area contributed by atoms with Crippen LogP contribution in [0.4, 0.5) is 0 Å². The number of aryl methyl sites for hydroxylation is 1. The predicted octanol–water partition coefficient (Wildman–Crippen LogP) is 1.17. The van der Waals surface area contributed by atoms with Crippen LogP contribution in [0.1, 0.15) is 17.5 Å². The number of hydrogen-bond acceptors (Lipinski definition) is 2. The summed E-state index contributed by atoms with van der Waals surface area (Å²) in [5.41, 5.74) is 1.46. The van der Waals surface area contributed by atoms with Crippen molar-refractivity contribution in [1.82, 2.24) is 10.6 Å². The summed E-state index contributed by atoms with van der Waals surface area (Å²) >= 11 is 0. The Hall–Kier alpha value is -1.81. The molecule has 102 valence electrons. The Morgan fingerprint density at radius 2 is 2.26 bits per heavy atom. The second-order valence-electron chi connectivity index (χ2n) is 4.78. The van der Waals surface area contributed by atoms with Crippen molar-refractivity contribution in [2.45, 2.75) is 18.4 Å². The van der Waals surface area contributed by atoms with Gasteiger partial charge in [-0.25, -0.2) is 0 Å². The first-order chi connectivity index (χ1) is 9.19. The number of nitrogens with zero attached hydrogens (tertiary/aromatic N) is 1. The van der Waals surface area contributed by atoms with E-state index in [1.165, 1.54) is 5.56 Å². The van der Waals surface area contributed by atoms with Crippen molar-refractivity contribution in [3.05, 3.63) is 48.0 Å². The summed E-state index contributed by atoms with van der Waals surface area (Å²) in [5, 5.41) is 17.0. The van der Waals surface area contributed by atoms with Gasteiger partial charge in [0, 0.05) is 13.6 Å². The lowest BCUT2D eigenvalue weighted by molar-refractivity contribution is 0.0432. The summed E-state index contributed by atoms with van der Waals surface area (Å²) in [6, 6.07) is 8.07. The molecule has 3 N–H and O–H groups in total. The van der Waals surface area contributed by atoms with Gasteiger partial charge < -0.3 is 15.7 Å². The Morgan fingerprint density at radius 1 is 1.47 bits per heavy atom. The second-order valence-corrected chi connectivity index (χ2v) is 4.78. The van der Waals surface area contributed by atoms with Gasteiger partial charge in [-0.15, -0.1) is 6.58 Å². The number of aliphatic imine (C=N–C) groups is 1. The number of hydrogen-bond donors (Lipinski definition) is 3. The fourth-order valence-corrected chi connectivity index (χ4v) is 2.47. The lowest BCUT2D eigenvalue weighted by Gasteiger charge is -2.25. The number of rotatable bonds is 4. The van der Waals surface area contributed by atoms with Gasteiger partial charge in [0.1, 0.15) is 5.60 Å². The van der Waals surface area contributed by atoms with Crippen molar-refractivity contribution in [2.24, 2.45) is 4.99 Å². The first-order valence-electron chi connectivity index (χ1n) is 6.56. The minimum atomic E-state index is -0.803. The van der Waals surface area contributed by atoms with Gasteiger partial charge in [-0.3, -0.25) is 4.99 Å². The van der Waals surface area contributed by atoms with Crippen LogP contribution in [-0.4, -0.2) is 31.2 Å². The molecule has 19 heavy (non-hydrogen) atoms. The van der Waals surface area contributed by atoms with E-state index in [1.807, 2.05) is 18.2 Å². The second kappa shape index (κ2) is 5.89. The fraction of sp³-hybridized carbons (Fsp3) is 0.400. The summed E-state index contributed by atoms with van der Waals surface area (Å²) < 4.78 is 0. The van der Waals surface area contributed by atoms with Crippen molar-refractivity contribution in [2.75, 3.05) is 20.1 Å². The maximum absolute atomic E-state index is 10.7. The van der Waals surface area contributed by atoms with Crippen LogP contribution in [0.3, 0.4) is 0 Å². The van der Waals surface area contributed by atoms with Crippen molar-refractivity contribution in [3.8, 4) is 0 Å². The highest BCUT2D eigenvalue weighted by atomic mass is 16.3. The monoisotopic (exact) mass is 259 g/mol. The maximum Gasteiger partial charge on any atom is 0.191 e. The zero-order chi connectivity index (χ0) is 13.7. The molecule has 1 unspecified atom stereocenters. The molecule has 1 aromatic rings. The topological polar surface area (TPSA) is 56.7 Å². The van der Waals surface area contributed by atoms with Crippen molar-refractivity contribution >= 4 is 5.96 Å². The summed E-state index contributed by atoms with van der Waals surface area (Å²) in [5.74, 6) is 0.678. The lowest BCUT2D eigenvalue weighted by Crippen LogP contribution is -2.44. The summed E-state index contributed by atoms with van der Waals surface area (Å²) in [6.45, 7) is 4.76. The molecule has 4 nitrogen and oxygen atoms in total. The van der Waals surface area contributed by atoms with Gasteiger partial charge in [0.25, 0.3) is 0 Å². The molecule has 0 fully saturated rings. The molecule has 0 spiro atoms. The summed E-state index contributed by atoms with van der Waals surface area (Å²) in [7, 11) is 1.71. The first kappa shape index (κ1) is 13.6. The lowest BCUT2D eigenvalue weighted by atomic mass is 9.96. The van der Waals surface area contributed by atoms with Gasteiger partial charge in [0.15, 0.2) is 5.96 Å². The smallest absolute Gasteiger partial charge is 0.191 e. The highest BCUT2D eigenvalue weighted by Gasteiger charge is 2.36. The van der Waals surface area contributed by atoms with E-state index >= 15 is 0 Å². The minimum Gasteiger partial charge on any atom is -0.383 e. The number of nitrogens with one attached hydrogen (secondary N) is 2. The fourth-order valence-electron chi connectivity index (χ4n) is 2.47. The standard InChI is InChI=1S/C15H21N3O/c1-3-10-17-14(16-2)18-11-15(19)9-8-12-6-4-5-7-13(12)15/h3-7,19H,1,8-11H2,2H3,(H2,16,17,18). The van der Waals surface area contributed by atoms with E-state index < -0.39 is 5.60 Å². The molecule has 1 aliphatic rings. The molecule has 0 aliphatic heterocycles. The molecule has 1 aromatic carbocycles. The van der Waals surface area contributed by atoms with Gasteiger partial charge in [0.05, 0.1) is 6.54 Å². The average molecular weight is 259 g/mol. The molecular formula is C15H21N3O. The quantitative estimate of drug-likeness (QED) is 0.432. The van der Waals surface area contributed by atoms with Crippen LogP contribution in [0.15, 0.2) is 41.9 Å². The van der Waals surface area contributed by atoms with Gasteiger partial charge in [-0.05, 0) is 24.0 Å². The van der Waals surface area contributed by atoms with E-state index in [0.29, 0.717) is 19.0 Å². The summed E-state index contributed by atoms with van der Waals surface area (Å²) in [4.78, 5) is 4.11. The van der Waals surface area contributed by atoms with Gasteiger partial charge in [-0.2, -0.15) is 0 Å². The minimum absolute atomic E-state index is 0.459. The molecule has 0 saturated carbocycles. The van der Waals surface area contributed by atoms with Gasteiger partial charge in [0.2, 0.25) is 0 Å². The third-order valence-corrected chi connectivity index (χ3v) is 3.51. The van der Waals surface area contributed by atoms with E-state index in [0.717, 1.165) is 18.4 Å². The summed E-state index contributed by atoms with van der Waals surface area (Å²) in [6.07, 6.45) is 3.44. The molecule has 2 rings (SSSR count). The predicted molar refractivity (Wildman–Crippen MR) is 78.2 cm³/mol. The Kier molecular flexibility index (Phi) is 4.22. The molecular weight excluding hydrogens is 238 g/mol. The molecule has 0 aromatic heterocycles. The van der Waals surface area contributed by atoms with E-state index in [9.17, 15) is 5.11 Å². The molecule has 0 bridgehead atoms. The van der Waals surface area contributed by atoms with E-state index in [-0.39, 0.29) is 0 Å². The van der Waals surface area contributed by atoms with E-state index in [2.05, 4.69) is 28.3 Å². The zero-order valence-electron chi connectivity index (χ0n) is 11.3. The van der Waals surface area contributed by atoms with Crippen molar-refractivity contribution in [3.63, 3.8) is 0 Å². The van der Waals surface area contributed by atoms with Crippen LogP contribution in [0.2, 0.25) is 0 Å². The third-order valence-electron chi connectivity index (χ3n) is 3.51. The average Bonchev–Trinajstić information content (AvgIpc) is 2.78. The molecule has 1 atom stereocenters. The Balaban J connectivity index is 2.02. The highest BCUT2D eigenvalue weighted by Crippen LogP contribution is 2.35.